The van der Waals surface area contributed by atoms with E-state index in [1.807, 2.05) is 0 Å². The van der Waals surface area contributed by atoms with Gasteiger partial charge in [-0.3, -0.25) is 19.7 Å². The van der Waals surface area contributed by atoms with Crippen LogP contribution < -0.4 is 10.2 Å². The summed E-state index contributed by atoms with van der Waals surface area (Å²) in [5.74, 6) is -2.65. The number of aromatic carboxylic acids is 1. The average Bonchev–Trinajstić information content (AvgIpc) is 2.84. The molecule has 2 amide bonds. The Kier molecular flexibility index (Phi) is 5.29. The molecule has 0 bridgehead atoms. The molecule has 0 spiro atoms. The monoisotopic (exact) mass is 531 g/mol. The van der Waals surface area contributed by atoms with Gasteiger partial charge >= 0.3 is 5.97 Å². The predicted molar refractivity (Wildman–Crippen MR) is 133 cm³/mol. The Morgan fingerprint density at radius 1 is 0.943 bits per heavy atom. The van der Waals surface area contributed by atoms with E-state index in [4.69, 9.17) is 0 Å². The number of nitro groups is 1. The molecule has 0 radical (unpaired) electrons. The Hall–Kier alpha value is -4.57. The first-order chi connectivity index (χ1) is 16.8. The summed E-state index contributed by atoms with van der Waals surface area (Å²) in [5.41, 5.74) is 0.497. The Balaban J connectivity index is 1.73. The third kappa shape index (κ3) is 3.69. The number of carbonyl (C=O) groups is 3. The van der Waals surface area contributed by atoms with Gasteiger partial charge in [-0.2, -0.15) is 0 Å². The molecular weight excluding hydrogens is 518 g/mol. The number of anilines is 3. The predicted octanol–water partition coefficient (Wildman–Crippen LogP) is 5.75. The van der Waals surface area contributed by atoms with E-state index in [2.05, 4.69) is 21.2 Å². The number of nitro benzene ring substituents is 1. The van der Waals surface area contributed by atoms with Crippen LogP contribution in [-0.4, -0.2) is 27.8 Å². The highest BCUT2D eigenvalue weighted by atomic mass is 79.9. The molecule has 0 saturated heterocycles. The molecule has 0 saturated carbocycles. The van der Waals surface area contributed by atoms with E-state index in [1.165, 1.54) is 30.3 Å². The van der Waals surface area contributed by atoms with Crippen molar-refractivity contribution in [3.05, 3.63) is 104 Å². The van der Waals surface area contributed by atoms with E-state index >= 15 is 0 Å². The molecule has 0 fully saturated rings. The Morgan fingerprint density at radius 3 is 2.31 bits per heavy atom. The molecule has 10 heteroatoms. The van der Waals surface area contributed by atoms with Crippen molar-refractivity contribution in [2.75, 3.05) is 10.2 Å². The number of nitrogens with zero attached hydrogens (tertiary/aromatic N) is 2. The number of imide groups is 1. The number of hydrogen-bond acceptors (Lipinski definition) is 6. The normalized spacial score (nSPS) is 12.7. The summed E-state index contributed by atoms with van der Waals surface area (Å²) < 4.78 is 0.831. The van der Waals surface area contributed by atoms with Crippen LogP contribution in [0.3, 0.4) is 0 Å². The second-order valence-electron chi connectivity index (χ2n) is 7.74. The van der Waals surface area contributed by atoms with Gasteiger partial charge in [0.25, 0.3) is 17.5 Å². The molecule has 172 valence electrons. The lowest BCUT2D eigenvalue weighted by atomic mass is 9.91. The molecule has 35 heavy (non-hydrogen) atoms. The number of carboxylic acids is 1. The lowest BCUT2D eigenvalue weighted by molar-refractivity contribution is -0.383. The summed E-state index contributed by atoms with van der Waals surface area (Å²) in [6.07, 6.45) is 0. The summed E-state index contributed by atoms with van der Waals surface area (Å²) in [7, 11) is 0. The van der Waals surface area contributed by atoms with Crippen LogP contribution in [-0.2, 0) is 0 Å². The average molecular weight is 532 g/mol. The molecule has 4 aromatic rings. The SMILES string of the molecule is O=C(O)c1cccc(N2C(=O)c3cccc4c(Nc5ccc(Br)cc5)c([N+](=O)[O-])cc(c34)C2=O)c1. The fourth-order valence-electron chi connectivity index (χ4n) is 4.12. The summed E-state index contributed by atoms with van der Waals surface area (Å²) in [6, 6.07) is 18.3. The maximum Gasteiger partial charge on any atom is 0.335 e. The minimum Gasteiger partial charge on any atom is -0.478 e. The number of benzene rings is 4. The first-order valence-corrected chi connectivity index (χ1v) is 11.0. The number of halogens is 1. The fraction of sp³-hybridized carbons (Fsp3) is 0. The van der Waals surface area contributed by atoms with Crippen LogP contribution in [0.4, 0.5) is 22.7 Å². The maximum atomic E-state index is 13.5. The number of nitrogens with one attached hydrogen (secondary N) is 1. The summed E-state index contributed by atoms with van der Waals surface area (Å²) >= 11 is 3.35. The van der Waals surface area contributed by atoms with Crippen molar-refractivity contribution in [2.45, 2.75) is 0 Å². The molecule has 0 atom stereocenters. The zero-order valence-electron chi connectivity index (χ0n) is 17.7. The van der Waals surface area contributed by atoms with Crippen LogP contribution in [0.2, 0.25) is 0 Å². The van der Waals surface area contributed by atoms with Crippen LogP contribution in [0.15, 0.2) is 77.3 Å². The van der Waals surface area contributed by atoms with Crippen molar-refractivity contribution in [1.82, 2.24) is 0 Å². The van der Waals surface area contributed by atoms with Crippen LogP contribution in [0.1, 0.15) is 31.1 Å². The van der Waals surface area contributed by atoms with Gasteiger partial charge < -0.3 is 10.4 Å². The van der Waals surface area contributed by atoms with Gasteiger partial charge in [-0.1, -0.05) is 34.1 Å². The van der Waals surface area contributed by atoms with Gasteiger partial charge in [-0.25, -0.2) is 9.69 Å². The van der Waals surface area contributed by atoms with Crippen molar-refractivity contribution in [1.29, 1.82) is 0 Å². The molecule has 0 aliphatic carbocycles. The van der Waals surface area contributed by atoms with Crippen LogP contribution >= 0.6 is 15.9 Å². The fourth-order valence-corrected chi connectivity index (χ4v) is 4.38. The molecule has 4 aromatic carbocycles. The Bertz CT molecular complexity index is 1580. The minimum absolute atomic E-state index is 0.0241. The number of hydrogen-bond donors (Lipinski definition) is 2. The van der Waals surface area contributed by atoms with Crippen molar-refractivity contribution in [2.24, 2.45) is 0 Å². The van der Waals surface area contributed by atoms with Crippen LogP contribution in [0.5, 0.6) is 0 Å². The standard InChI is InChI=1S/C25H14BrN3O6/c26-14-7-9-15(10-8-14)27-22-17-5-2-6-18-21(17)19(12-20(22)29(34)35)24(31)28(23(18)30)16-4-1-3-13(11-16)25(32)33/h1-12,27H,(H,32,33). The van der Waals surface area contributed by atoms with E-state index in [0.717, 1.165) is 15.4 Å². The van der Waals surface area contributed by atoms with E-state index in [0.29, 0.717) is 16.5 Å². The van der Waals surface area contributed by atoms with Gasteiger partial charge in [0.1, 0.15) is 5.69 Å². The summed E-state index contributed by atoms with van der Waals surface area (Å²) in [5, 5.41) is 25.0. The lowest BCUT2D eigenvalue weighted by Gasteiger charge is -2.28. The van der Waals surface area contributed by atoms with Crippen molar-refractivity contribution in [3.63, 3.8) is 0 Å². The lowest BCUT2D eigenvalue weighted by Crippen LogP contribution is -2.40. The molecule has 0 aromatic heterocycles. The van der Waals surface area contributed by atoms with Crippen molar-refractivity contribution >= 4 is 67.2 Å². The highest BCUT2D eigenvalue weighted by Gasteiger charge is 2.37. The van der Waals surface area contributed by atoms with Gasteiger partial charge in [-0.05, 0) is 48.5 Å². The topological polar surface area (TPSA) is 130 Å². The summed E-state index contributed by atoms with van der Waals surface area (Å²) in [6.45, 7) is 0. The number of amides is 2. The maximum absolute atomic E-state index is 13.5. The number of rotatable bonds is 5. The molecular formula is C25H14BrN3O6. The third-order valence-electron chi connectivity index (χ3n) is 5.67. The number of carboxylic acid groups (broad SMARTS) is 1. The van der Waals surface area contributed by atoms with Gasteiger partial charge in [0.15, 0.2) is 0 Å². The highest BCUT2D eigenvalue weighted by molar-refractivity contribution is 9.10. The van der Waals surface area contributed by atoms with Gasteiger partial charge in [0.05, 0.1) is 21.7 Å². The molecule has 1 aliphatic rings. The second kappa shape index (κ2) is 8.33. The van der Waals surface area contributed by atoms with E-state index in [-0.39, 0.29) is 33.8 Å². The van der Waals surface area contributed by atoms with Gasteiger partial charge in [0.2, 0.25) is 0 Å². The van der Waals surface area contributed by atoms with Crippen LogP contribution in [0.25, 0.3) is 10.8 Å². The molecule has 2 N–H and O–H groups in total. The first-order valence-electron chi connectivity index (χ1n) is 10.2. The highest BCUT2D eigenvalue weighted by Crippen LogP contribution is 2.42. The smallest absolute Gasteiger partial charge is 0.335 e. The number of carbonyl (C=O) groups excluding carboxylic acids is 2. The Labute approximate surface area is 205 Å². The zero-order valence-corrected chi connectivity index (χ0v) is 19.3. The Morgan fingerprint density at radius 2 is 1.63 bits per heavy atom. The molecule has 1 aliphatic heterocycles. The van der Waals surface area contributed by atoms with Crippen molar-refractivity contribution in [3.8, 4) is 0 Å². The third-order valence-corrected chi connectivity index (χ3v) is 6.20. The van der Waals surface area contributed by atoms with Gasteiger partial charge in [-0.15, -0.1) is 0 Å². The quantitative estimate of drug-likeness (QED) is 0.190. The zero-order chi connectivity index (χ0) is 24.9. The first kappa shape index (κ1) is 22.2. The minimum atomic E-state index is -1.22. The molecule has 1 heterocycles. The van der Waals surface area contributed by atoms with E-state index < -0.39 is 22.7 Å². The summed E-state index contributed by atoms with van der Waals surface area (Å²) in [4.78, 5) is 50.6. The molecule has 0 unspecified atom stereocenters. The van der Waals surface area contributed by atoms with E-state index in [9.17, 15) is 29.6 Å². The van der Waals surface area contributed by atoms with Crippen molar-refractivity contribution < 1.29 is 24.4 Å². The van der Waals surface area contributed by atoms with E-state index in [1.54, 1.807) is 36.4 Å². The molecule has 5 rings (SSSR count). The van der Waals surface area contributed by atoms with Crippen LogP contribution in [0, 0.1) is 10.1 Å². The largest absolute Gasteiger partial charge is 0.478 e. The second-order valence-corrected chi connectivity index (χ2v) is 8.65. The molecule has 9 nitrogen and oxygen atoms in total. The van der Waals surface area contributed by atoms with Gasteiger partial charge in [0, 0.05) is 32.6 Å².